The topological polar surface area (TPSA) is 142 Å². The molecule has 0 aliphatic heterocycles. The molecule has 1 aliphatic carbocycles. The van der Waals surface area contributed by atoms with Crippen LogP contribution >= 0.6 is 0 Å². The first-order valence-corrected chi connectivity index (χ1v) is 13.4. The van der Waals surface area contributed by atoms with Crippen molar-refractivity contribution in [1.82, 2.24) is 0 Å². The van der Waals surface area contributed by atoms with Gasteiger partial charge in [-0.1, -0.05) is 24.3 Å². The second kappa shape index (κ2) is 13.4. The lowest BCUT2D eigenvalue weighted by atomic mass is 9.90. The van der Waals surface area contributed by atoms with Gasteiger partial charge in [0, 0.05) is 30.9 Å². The van der Waals surface area contributed by atoms with Crippen molar-refractivity contribution in [2.75, 3.05) is 57.5 Å². The van der Waals surface area contributed by atoms with Gasteiger partial charge in [0.2, 0.25) is 0 Å². The number of aliphatic hydroxyl groups is 4. The van der Waals surface area contributed by atoms with E-state index in [4.69, 9.17) is 0 Å². The maximum atomic E-state index is 11.8. The van der Waals surface area contributed by atoms with Crippen molar-refractivity contribution < 1.29 is 38.0 Å². The number of hydrogen-bond acceptors (Lipinski definition) is 7. The molecule has 0 heterocycles. The molecule has 1 aliphatic rings. The predicted octanol–water partition coefficient (Wildman–Crippen LogP) is 1.09. The molecule has 0 amide bonds. The quantitative estimate of drug-likeness (QED) is 0.203. The minimum atomic E-state index is -4.41. The van der Waals surface area contributed by atoms with E-state index >= 15 is 0 Å². The van der Waals surface area contributed by atoms with Gasteiger partial charge in [-0.05, 0) is 58.7 Å². The molecule has 9 nitrogen and oxygen atoms in total. The van der Waals surface area contributed by atoms with Crippen LogP contribution in [0.25, 0.3) is 5.57 Å². The fourth-order valence-corrected chi connectivity index (χ4v) is 4.74. The maximum Gasteiger partial charge on any atom is 0.294 e. The minimum Gasteiger partial charge on any atom is -0.395 e. The van der Waals surface area contributed by atoms with Crippen LogP contribution in [0.5, 0.6) is 0 Å². The van der Waals surface area contributed by atoms with Gasteiger partial charge in [-0.25, -0.2) is 4.58 Å². The van der Waals surface area contributed by atoms with E-state index in [-0.39, 0.29) is 31.3 Å². The van der Waals surface area contributed by atoms with Crippen molar-refractivity contribution in [3.05, 3.63) is 89.5 Å². The molecular formula is C27H33N2O7S+. The maximum absolute atomic E-state index is 11.8. The Morgan fingerprint density at radius 2 is 1.35 bits per heavy atom. The first kappa shape index (κ1) is 28.5. The third kappa shape index (κ3) is 7.45. The minimum absolute atomic E-state index is 0.0581. The Morgan fingerprint density at radius 1 is 0.757 bits per heavy atom. The smallest absolute Gasteiger partial charge is 0.294 e. The fourth-order valence-electron chi connectivity index (χ4n) is 4.21. The molecule has 10 heteroatoms. The SMILES string of the molecule is O=S(=O)(O)c1cccc(C(=C2C=CC(=[N+](CCO)CCO)C=C2)c2ccc(N(CCO)CCO)cc2)c1. The number of benzene rings is 2. The summed E-state index contributed by atoms with van der Waals surface area (Å²) < 4.78 is 35.1. The number of anilines is 1. The molecular weight excluding hydrogens is 496 g/mol. The molecule has 0 atom stereocenters. The summed E-state index contributed by atoms with van der Waals surface area (Å²) >= 11 is 0. The highest BCUT2D eigenvalue weighted by Crippen LogP contribution is 2.32. The molecule has 0 radical (unpaired) electrons. The van der Waals surface area contributed by atoms with Gasteiger partial charge in [-0.15, -0.1) is 0 Å². The van der Waals surface area contributed by atoms with Crippen molar-refractivity contribution in [3.8, 4) is 0 Å². The molecule has 0 aromatic heterocycles. The first-order valence-electron chi connectivity index (χ1n) is 11.9. The van der Waals surface area contributed by atoms with Crippen molar-refractivity contribution >= 4 is 27.1 Å². The monoisotopic (exact) mass is 529 g/mol. The average molecular weight is 530 g/mol. The van der Waals surface area contributed by atoms with E-state index in [0.29, 0.717) is 31.7 Å². The van der Waals surface area contributed by atoms with Crippen LogP contribution in [0.3, 0.4) is 0 Å². The van der Waals surface area contributed by atoms with Crippen LogP contribution in [-0.2, 0) is 10.1 Å². The second-order valence-corrected chi connectivity index (χ2v) is 9.76. The van der Waals surface area contributed by atoms with Crippen LogP contribution in [0.4, 0.5) is 5.69 Å². The van der Waals surface area contributed by atoms with E-state index in [1.807, 2.05) is 58.0 Å². The first-order chi connectivity index (χ1) is 17.8. The van der Waals surface area contributed by atoms with Crippen LogP contribution in [0.2, 0.25) is 0 Å². The van der Waals surface area contributed by atoms with Gasteiger partial charge in [-0.2, -0.15) is 8.42 Å². The second-order valence-electron chi connectivity index (χ2n) is 8.34. The largest absolute Gasteiger partial charge is 0.395 e. The standard InChI is InChI=1S/C27H32N2O7S/c30-16-12-28(13-17-31)24-8-4-21(5-9-24)27(23-2-1-3-26(20-23)37(34,35)36)22-6-10-25(11-7-22)29(14-18-32)15-19-33/h1-11,20,30-33H,12-19H2/p+1. The molecule has 2 aromatic carbocycles. The van der Waals surface area contributed by atoms with Gasteiger partial charge in [0.1, 0.15) is 13.2 Å². The van der Waals surface area contributed by atoms with Crippen LogP contribution in [0.15, 0.2) is 83.3 Å². The third-order valence-corrected chi connectivity index (χ3v) is 6.79. The summed E-state index contributed by atoms with van der Waals surface area (Å²) in [6.07, 6.45) is 7.49. The van der Waals surface area contributed by atoms with Crippen LogP contribution in [0, 0.1) is 0 Å². The van der Waals surface area contributed by atoms with E-state index in [1.165, 1.54) is 12.1 Å². The Balaban J connectivity index is 2.13. The summed E-state index contributed by atoms with van der Waals surface area (Å²) in [6, 6.07) is 13.6. The lowest BCUT2D eigenvalue weighted by Crippen LogP contribution is -2.29. The highest BCUT2D eigenvalue weighted by Gasteiger charge is 2.18. The van der Waals surface area contributed by atoms with Gasteiger partial charge < -0.3 is 25.3 Å². The molecule has 0 spiro atoms. The Bertz CT molecular complexity index is 1260. The Hall–Kier alpha value is -3.12. The number of aliphatic hydroxyl groups excluding tert-OH is 4. The fraction of sp³-hybridized carbons (Fsp3) is 0.296. The van der Waals surface area contributed by atoms with Gasteiger partial charge in [0.05, 0.1) is 18.1 Å². The summed E-state index contributed by atoms with van der Waals surface area (Å²) in [5, 5.41) is 37.4. The molecule has 0 fully saturated rings. The number of rotatable bonds is 12. The summed E-state index contributed by atoms with van der Waals surface area (Å²) in [5.41, 5.74) is 4.53. The highest BCUT2D eigenvalue weighted by atomic mass is 32.2. The normalized spacial score (nSPS) is 13.2. The van der Waals surface area contributed by atoms with Crippen LogP contribution in [0.1, 0.15) is 11.1 Å². The van der Waals surface area contributed by atoms with Crippen molar-refractivity contribution in [1.29, 1.82) is 0 Å². The predicted molar refractivity (Wildman–Crippen MR) is 143 cm³/mol. The number of hydrogen-bond donors (Lipinski definition) is 5. The lowest BCUT2D eigenvalue weighted by Gasteiger charge is -2.23. The Kier molecular flexibility index (Phi) is 10.3. The molecule has 0 saturated heterocycles. The summed E-state index contributed by atoms with van der Waals surface area (Å²) in [7, 11) is -4.41. The average Bonchev–Trinajstić information content (AvgIpc) is 2.89. The summed E-state index contributed by atoms with van der Waals surface area (Å²) in [6.45, 7) is 1.24. The van der Waals surface area contributed by atoms with Crippen molar-refractivity contribution in [2.24, 2.45) is 0 Å². The number of nitrogens with zero attached hydrogens (tertiary/aromatic N) is 2. The number of allylic oxidation sites excluding steroid dienone is 5. The molecule has 0 saturated carbocycles. The molecule has 0 unspecified atom stereocenters. The molecule has 37 heavy (non-hydrogen) atoms. The van der Waals surface area contributed by atoms with E-state index < -0.39 is 10.1 Å². The zero-order valence-corrected chi connectivity index (χ0v) is 21.3. The third-order valence-electron chi connectivity index (χ3n) is 5.94. The summed E-state index contributed by atoms with van der Waals surface area (Å²) in [4.78, 5) is 1.64. The van der Waals surface area contributed by atoms with Gasteiger partial charge in [0.25, 0.3) is 10.1 Å². The molecule has 0 bridgehead atoms. The van der Waals surface area contributed by atoms with Crippen LogP contribution in [-0.4, -0.2) is 96.3 Å². The zero-order valence-electron chi connectivity index (χ0n) is 20.4. The zero-order chi connectivity index (χ0) is 26.8. The Labute approximate surface area is 217 Å². The molecule has 198 valence electrons. The van der Waals surface area contributed by atoms with E-state index in [1.54, 1.807) is 12.1 Å². The molecule has 3 rings (SSSR count). The molecule has 2 aromatic rings. The van der Waals surface area contributed by atoms with E-state index in [9.17, 15) is 33.4 Å². The van der Waals surface area contributed by atoms with Crippen molar-refractivity contribution in [3.63, 3.8) is 0 Å². The van der Waals surface area contributed by atoms with E-state index in [2.05, 4.69) is 0 Å². The van der Waals surface area contributed by atoms with Gasteiger partial charge in [-0.3, -0.25) is 4.55 Å². The molecule has 5 N–H and O–H groups in total. The van der Waals surface area contributed by atoms with E-state index in [0.717, 1.165) is 28.1 Å². The lowest BCUT2D eigenvalue weighted by molar-refractivity contribution is -0.530. The van der Waals surface area contributed by atoms with Crippen molar-refractivity contribution in [2.45, 2.75) is 4.90 Å². The Morgan fingerprint density at radius 3 is 1.86 bits per heavy atom. The summed E-state index contributed by atoms with van der Waals surface area (Å²) in [5.74, 6) is 0. The van der Waals surface area contributed by atoms with Gasteiger partial charge >= 0.3 is 0 Å². The highest BCUT2D eigenvalue weighted by molar-refractivity contribution is 7.85. The van der Waals surface area contributed by atoms with Crippen LogP contribution < -0.4 is 4.90 Å². The van der Waals surface area contributed by atoms with Gasteiger partial charge in [0.15, 0.2) is 18.8 Å².